The van der Waals surface area contributed by atoms with Gasteiger partial charge in [-0.15, -0.1) is 0 Å². The second-order valence-corrected chi connectivity index (χ2v) is 8.33. The highest BCUT2D eigenvalue weighted by atomic mass is 19.2. The summed E-state index contributed by atoms with van der Waals surface area (Å²) in [6.07, 6.45) is 3.82. The topological polar surface area (TPSA) is 78.1 Å². The summed E-state index contributed by atoms with van der Waals surface area (Å²) in [6, 6.07) is 3.23. The molecule has 0 saturated carbocycles. The quantitative estimate of drug-likeness (QED) is 0.752. The van der Waals surface area contributed by atoms with Crippen LogP contribution in [0, 0.1) is 17.6 Å². The monoisotopic (exact) mass is 418 g/mol. The van der Waals surface area contributed by atoms with E-state index in [9.17, 15) is 18.4 Å². The summed E-state index contributed by atoms with van der Waals surface area (Å²) < 4.78 is 27.0. The Morgan fingerprint density at radius 3 is 2.73 bits per heavy atom. The van der Waals surface area contributed by atoms with E-state index in [0.717, 1.165) is 30.7 Å². The minimum atomic E-state index is -0.910. The van der Waals surface area contributed by atoms with Gasteiger partial charge in [0.05, 0.1) is 6.20 Å². The molecule has 2 amide bonds. The van der Waals surface area contributed by atoms with Crippen LogP contribution in [0.15, 0.2) is 24.4 Å². The lowest BCUT2D eigenvalue weighted by atomic mass is 9.90. The molecule has 162 valence electrons. The van der Waals surface area contributed by atoms with E-state index >= 15 is 0 Å². The minimum Gasteiger partial charge on any atom is -0.345 e. The van der Waals surface area contributed by atoms with Gasteiger partial charge in [0.2, 0.25) is 11.8 Å². The normalized spacial score (nSPS) is 17.8. The molecule has 0 aliphatic carbocycles. The molecule has 0 bridgehead atoms. The molecule has 0 unspecified atom stereocenters. The highest BCUT2D eigenvalue weighted by Gasteiger charge is 2.32. The summed E-state index contributed by atoms with van der Waals surface area (Å²) in [7, 11) is 0. The van der Waals surface area contributed by atoms with Crippen LogP contribution in [0.4, 0.5) is 8.78 Å². The molecule has 8 heteroatoms. The number of H-pyrrole nitrogens is 1. The third-order valence-electron chi connectivity index (χ3n) is 5.42. The fourth-order valence-electron chi connectivity index (χ4n) is 4.07. The Morgan fingerprint density at radius 1 is 1.30 bits per heavy atom. The molecule has 3 rings (SSSR count). The maximum atomic E-state index is 13.7. The van der Waals surface area contributed by atoms with Gasteiger partial charge in [-0.1, -0.05) is 19.9 Å². The Morgan fingerprint density at radius 2 is 2.07 bits per heavy atom. The second kappa shape index (κ2) is 9.36. The van der Waals surface area contributed by atoms with Crippen molar-refractivity contribution in [2.45, 2.75) is 52.0 Å². The zero-order chi connectivity index (χ0) is 21.8. The lowest BCUT2D eigenvalue weighted by Gasteiger charge is -2.35. The molecule has 1 saturated heterocycles. The largest absolute Gasteiger partial charge is 0.345 e. The molecule has 1 fully saturated rings. The van der Waals surface area contributed by atoms with Crippen LogP contribution in [-0.4, -0.2) is 46.0 Å². The zero-order valence-electron chi connectivity index (χ0n) is 17.5. The highest BCUT2D eigenvalue weighted by molar-refractivity contribution is 5.87. The number of hydrogen-bond donors (Lipinski definition) is 2. The van der Waals surface area contributed by atoms with Crippen LogP contribution in [0.25, 0.3) is 11.1 Å². The van der Waals surface area contributed by atoms with E-state index in [1.807, 2.05) is 13.8 Å². The molecule has 2 aromatic rings. The van der Waals surface area contributed by atoms with E-state index in [2.05, 4.69) is 15.5 Å². The summed E-state index contributed by atoms with van der Waals surface area (Å²) >= 11 is 0. The Labute approximate surface area is 175 Å². The lowest BCUT2D eigenvalue weighted by Crippen LogP contribution is -2.51. The van der Waals surface area contributed by atoms with Gasteiger partial charge in [0.15, 0.2) is 11.6 Å². The van der Waals surface area contributed by atoms with Crippen molar-refractivity contribution in [3.8, 4) is 11.1 Å². The van der Waals surface area contributed by atoms with Gasteiger partial charge in [0, 0.05) is 37.2 Å². The van der Waals surface area contributed by atoms with Crippen LogP contribution in [-0.2, 0) is 9.59 Å². The first-order valence-electron chi connectivity index (χ1n) is 10.3. The number of nitrogens with zero attached hydrogens (tertiary/aromatic N) is 2. The number of piperidine rings is 1. The highest BCUT2D eigenvalue weighted by Crippen LogP contribution is 2.33. The lowest BCUT2D eigenvalue weighted by molar-refractivity contribution is -0.137. The number of nitrogens with one attached hydrogen (secondary N) is 2. The fraction of sp³-hybridized carbons (Fsp3) is 0.500. The first-order valence-corrected chi connectivity index (χ1v) is 10.3. The number of carbonyl (C=O) groups is 2. The van der Waals surface area contributed by atoms with Crippen LogP contribution in [0.5, 0.6) is 0 Å². The van der Waals surface area contributed by atoms with E-state index in [1.54, 1.807) is 11.1 Å². The standard InChI is InChI=1S/C22H28F2N4O2/c1-13(2)9-20(26-14(3)29)22(30)28-8-4-5-16(12-28)21-17(11-25-27-21)15-6-7-18(23)19(24)10-15/h6-7,10-11,13,16,20H,4-5,8-9,12H2,1-3H3,(H,25,27)(H,26,29)/t16-,20-/m0/s1. The number of benzene rings is 1. The van der Waals surface area contributed by atoms with Crippen LogP contribution in [0.2, 0.25) is 0 Å². The Kier molecular flexibility index (Phi) is 6.84. The van der Waals surface area contributed by atoms with Crippen LogP contribution in [0.3, 0.4) is 0 Å². The van der Waals surface area contributed by atoms with Crippen molar-refractivity contribution in [3.63, 3.8) is 0 Å². The molecular formula is C22H28F2N4O2. The summed E-state index contributed by atoms with van der Waals surface area (Å²) in [5.41, 5.74) is 2.05. The number of likely N-dealkylation sites (tertiary alicyclic amines) is 1. The fourth-order valence-corrected chi connectivity index (χ4v) is 4.07. The Bertz CT molecular complexity index is 912. The van der Waals surface area contributed by atoms with Gasteiger partial charge in [-0.05, 0) is 42.9 Å². The van der Waals surface area contributed by atoms with Crippen LogP contribution in [0.1, 0.15) is 51.6 Å². The van der Waals surface area contributed by atoms with Crippen LogP contribution < -0.4 is 5.32 Å². The van der Waals surface area contributed by atoms with E-state index in [4.69, 9.17) is 0 Å². The van der Waals surface area contributed by atoms with Gasteiger partial charge >= 0.3 is 0 Å². The van der Waals surface area contributed by atoms with Crippen molar-refractivity contribution in [1.82, 2.24) is 20.4 Å². The van der Waals surface area contributed by atoms with E-state index < -0.39 is 17.7 Å². The minimum absolute atomic E-state index is 0.00894. The number of rotatable bonds is 6. The molecule has 2 N–H and O–H groups in total. The molecule has 1 aromatic heterocycles. The Balaban J connectivity index is 1.79. The molecule has 1 aliphatic rings. The van der Waals surface area contributed by atoms with Crippen molar-refractivity contribution in [2.75, 3.05) is 13.1 Å². The zero-order valence-corrected chi connectivity index (χ0v) is 17.5. The van der Waals surface area contributed by atoms with Crippen molar-refractivity contribution < 1.29 is 18.4 Å². The number of halogens is 2. The Hall–Kier alpha value is -2.77. The van der Waals surface area contributed by atoms with Gasteiger partial charge < -0.3 is 10.2 Å². The SMILES string of the molecule is CC(=O)N[C@@H](CC(C)C)C(=O)N1CCC[C@H](c2[nH]ncc2-c2ccc(F)c(F)c2)C1. The molecule has 0 spiro atoms. The molecule has 1 aromatic carbocycles. The van der Waals surface area contributed by atoms with Gasteiger partial charge in [-0.3, -0.25) is 14.7 Å². The summed E-state index contributed by atoms with van der Waals surface area (Å²) in [5.74, 6) is -1.86. The predicted octanol–water partition coefficient (Wildman–Crippen LogP) is 3.61. The number of aromatic amines is 1. The van der Waals surface area contributed by atoms with Crippen molar-refractivity contribution in [2.24, 2.45) is 5.92 Å². The molecule has 2 heterocycles. The summed E-state index contributed by atoms with van der Waals surface area (Å²) in [6.45, 7) is 6.54. The number of carbonyl (C=O) groups excluding carboxylic acids is 2. The van der Waals surface area contributed by atoms with Crippen molar-refractivity contribution in [1.29, 1.82) is 0 Å². The van der Waals surface area contributed by atoms with Gasteiger partial charge in [-0.2, -0.15) is 5.10 Å². The molecule has 1 aliphatic heterocycles. The average molecular weight is 418 g/mol. The van der Waals surface area contributed by atoms with E-state index in [0.29, 0.717) is 30.6 Å². The maximum Gasteiger partial charge on any atom is 0.245 e. The third kappa shape index (κ3) is 5.04. The molecule has 2 atom stereocenters. The summed E-state index contributed by atoms with van der Waals surface area (Å²) in [4.78, 5) is 26.5. The smallest absolute Gasteiger partial charge is 0.245 e. The summed E-state index contributed by atoms with van der Waals surface area (Å²) in [5, 5.41) is 9.87. The van der Waals surface area contributed by atoms with Crippen molar-refractivity contribution >= 4 is 11.8 Å². The predicted molar refractivity (Wildman–Crippen MR) is 110 cm³/mol. The van der Waals surface area contributed by atoms with Crippen LogP contribution >= 0.6 is 0 Å². The van der Waals surface area contributed by atoms with E-state index in [-0.39, 0.29) is 23.7 Å². The first-order chi connectivity index (χ1) is 14.3. The number of amides is 2. The van der Waals surface area contributed by atoms with E-state index in [1.165, 1.54) is 13.0 Å². The molecule has 0 radical (unpaired) electrons. The molecule has 6 nitrogen and oxygen atoms in total. The first kappa shape index (κ1) is 21.9. The van der Waals surface area contributed by atoms with Gasteiger partial charge in [0.25, 0.3) is 0 Å². The van der Waals surface area contributed by atoms with Crippen molar-refractivity contribution in [3.05, 3.63) is 41.7 Å². The third-order valence-corrected chi connectivity index (χ3v) is 5.42. The average Bonchev–Trinajstić information content (AvgIpc) is 3.18. The molecular weight excluding hydrogens is 390 g/mol. The molecule has 30 heavy (non-hydrogen) atoms. The van der Waals surface area contributed by atoms with Gasteiger partial charge in [0.1, 0.15) is 6.04 Å². The maximum absolute atomic E-state index is 13.7. The van der Waals surface area contributed by atoms with Gasteiger partial charge in [-0.25, -0.2) is 8.78 Å². The number of hydrogen-bond acceptors (Lipinski definition) is 3. The number of aromatic nitrogens is 2. The second-order valence-electron chi connectivity index (χ2n) is 8.33.